The molecule has 1 aromatic carbocycles. The van der Waals surface area contributed by atoms with Gasteiger partial charge in [0, 0.05) is 36.7 Å². The van der Waals surface area contributed by atoms with Crippen molar-refractivity contribution < 1.29 is 4.74 Å². The maximum absolute atomic E-state index is 12.8. The monoisotopic (exact) mass is 432 g/mol. The number of nitrogens with one attached hydrogen (secondary N) is 1. The van der Waals surface area contributed by atoms with Gasteiger partial charge in [-0.1, -0.05) is 18.2 Å². The maximum atomic E-state index is 12.8. The van der Waals surface area contributed by atoms with E-state index in [4.69, 9.17) is 4.74 Å². The first kappa shape index (κ1) is 20.1. The van der Waals surface area contributed by atoms with Gasteiger partial charge in [-0.3, -0.25) is 14.7 Å². The molecule has 1 aliphatic rings. The van der Waals surface area contributed by atoms with Gasteiger partial charge in [0.15, 0.2) is 0 Å². The van der Waals surface area contributed by atoms with Crippen LogP contribution in [0.15, 0.2) is 58.8 Å². The molecular weight excluding hydrogens is 408 g/mol. The Bertz CT molecular complexity index is 1260. The van der Waals surface area contributed by atoms with Gasteiger partial charge >= 0.3 is 0 Å². The SMILES string of the molecule is CC1CN(Cc2ccc3cc(-c4csc(-c5ccccn5)n4)c(=O)[nH]c3c2)CC(C)O1. The second-order valence-electron chi connectivity index (χ2n) is 8.14. The van der Waals surface area contributed by atoms with Gasteiger partial charge in [-0.25, -0.2) is 4.98 Å². The van der Waals surface area contributed by atoms with Crippen LogP contribution in [0, 0.1) is 0 Å². The molecule has 0 amide bonds. The summed E-state index contributed by atoms with van der Waals surface area (Å²) in [5.74, 6) is 0. The van der Waals surface area contributed by atoms with Crippen molar-refractivity contribution in [2.24, 2.45) is 0 Å². The summed E-state index contributed by atoms with van der Waals surface area (Å²) in [6.07, 6.45) is 2.22. The van der Waals surface area contributed by atoms with Crippen LogP contribution >= 0.6 is 11.3 Å². The molecule has 1 saturated heterocycles. The molecule has 7 heteroatoms. The van der Waals surface area contributed by atoms with Gasteiger partial charge in [0.1, 0.15) is 5.01 Å². The largest absolute Gasteiger partial charge is 0.373 e. The second kappa shape index (κ2) is 8.34. The normalized spacial score (nSPS) is 19.7. The Kier molecular flexibility index (Phi) is 5.40. The first-order chi connectivity index (χ1) is 15.0. The average Bonchev–Trinajstić information content (AvgIpc) is 3.23. The summed E-state index contributed by atoms with van der Waals surface area (Å²) in [7, 11) is 0. The molecule has 0 saturated carbocycles. The predicted octanol–water partition coefficient (Wildman–Crippen LogP) is 4.32. The summed E-state index contributed by atoms with van der Waals surface area (Å²) in [5.41, 5.74) is 3.97. The molecule has 1 fully saturated rings. The minimum Gasteiger partial charge on any atom is -0.373 e. The van der Waals surface area contributed by atoms with Crippen molar-refractivity contribution in [3.05, 3.63) is 70.0 Å². The summed E-state index contributed by atoms with van der Waals surface area (Å²) in [6, 6.07) is 13.9. The third-order valence-electron chi connectivity index (χ3n) is 5.48. The molecule has 0 aliphatic carbocycles. The minimum absolute atomic E-state index is 0.129. The Morgan fingerprint density at radius 2 is 1.97 bits per heavy atom. The Morgan fingerprint density at radius 3 is 2.74 bits per heavy atom. The van der Waals surface area contributed by atoms with Gasteiger partial charge in [0.25, 0.3) is 5.56 Å². The highest BCUT2D eigenvalue weighted by atomic mass is 32.1. The Morgan fingerprint density at radius 1 is 1.13 bits per heavy atom. The van der Waals surface area contributed by atoms with Crippen LogP contribution in [0.1, 0.15) is 19.4 Å². The highest BCUT2D eigenvalue weighted by Gasteiger charge is 2.22. The van der Waals surface area contributed by atoms with E-state index in [2.05, 4.69) is 51.9 Å². The third kappa shape index (κ3) is 4.30. The number of hydrogen-bond donors (Lipinski definition) is 1. The molecule has 2 atom stereocenters. The fourth-order valence-corrected chi connectivity index (χ4v) is 5.01. The molecule has 6 nitrogen and oxygen atoms in total. The topological polar surface area (TPSA) is 71.1 Å². The molecule has 1 aliphatic heterocycles. The number of nitrogens with zero attached hydrogens (tertiary/aromatic N) is 3. The van der Waals surface area contributed by atoms with E-state index in [9.17, 15) is 4.79 Å². The number of pyridine rings is 2. The number of ether oxygens (including phenoxy) is 1. The summed E-state index contributed by atoms with van der Waals surface area (Å²) >= 11 is 1.49. The van der Waals surface area contributed by atoms with E-state index >= 15 is 0 Å². The number of benzene rings is 1. The summed E-state index contributed by atoms with van der Waals surface area (Å²) in [4.78, 5) is 27.3. The van der Waals surface area contributed by atoms with E-state index in [1.165, 1.54) is 16.9 Å². The lowest BCUT2D eigenvalue weighted by atomic mass is 10.1. The minimum atomic E-state index is -0.129. The van der Waals surface area contributed by atoms with Gasteiger partial charge in [0.2, 0.25) is 0 Å². The van der Waals surface area contributed by atoms with Gasteiger partial charge in [-0.2, -0.15) is 0 Å². The van der Waals surface area contributed by atoms with E-state index < -0.39 is 0 Å². The van der Waals surface area contributed by atoms with Crippen molar-refractivity contribution in [2.45, 2.75) is 32.6 Å². The summed E-state index contributed by atoms with van der Waals surface area (Å²) in [6.45, 7) is 6.90. The standard InChI is InChI=1S/C24H24N4O2S/c1-15-11-28(12-16(2)30-15)13-17-6-7-18-10-19(23(29)26-21(18)9-17)22-14-31-24(27-22)20-5-3-4-8-25-20/h3-10,14-16H,11-13H2,1-2H3,(H,26,29). The molecule has 2 unspecified atom stereocenters. The zero-order valence-corrected chi connectivity index (χ0v) is 18.4. The molecule has 4 aromatic rings. The maximum Gasteiger partial charge on any atom is 0.257 e. The fourth-order valence-electron chi connectivity index (χ4n) is 4.21. The average molecular weight is 433 g/mol. The molecule has 5 rings (SSSR count). The third-order valence-corrected chi connectivity index (χ3v) is 6.34. The summed E-state index contributed by atoms with van der Waals surface area (Å²) < 4.78 is 5.83. The molecule has 0 spiro atoms. The van der Waals surface area contributed by atoms with Crippen LogP contribution < -0.4 is 5.56 Å². The fraction of sp³-hybridized carbons (Fsp3) is 0.292. The molecule has 1 N–H and O–H groups in total. The van der Waals surface area contributed by atoms with Crippen LogP contribution in [0.4, 0.5) is 0 Å². The molecule has 31 heavy (non-hydrogen) atoms. The van der Waals surface area contributed by atoms with Crippen molar-refractivity contribution in [1.82, 2.24) is 19.9 Å². The van der Waals surface area contributed by atoms with Crippen molar-refractivity contribution >= 4 is 22.2 Å². The highest BCUT2D eigenvalue weighted by Crippen LogP contribution is 2.27. The molecule has 4 heterocycles. The molecule has 3 aromatic heterocycles. The number of hydrogen-bond acceptors (Lipinski definition) is 6. The number of morpholine rings is 1. The lowest BCUT2D eigenvalue weighted by molar-refractivity contribution is -0.0704. The van der Waals surface area contributed by atoms with Crippen LogP contribution in [0.2, 0.25) is 0 Å². The van der Waals surface area contributed by atoms with Crippen molar-refractivity contribution in [3.63, 3.8) is 0 Å². The number of thiazole rings is 1. The number of fused-ring (bicyclic) bond motifs is 1. The quantitative estimate of drug-likeness (QED) is 0.520. The lowest BCUT2D eigenvalue weighted by Gasteiger charge is -2.35. The van der Waals surface area contributed by atoms with E-state index in [-0.39, 0.29) is 17.8 Å². The zero-order chi connectivity index (χ0) is 21.4. The van der Waals surface area contributed by atoms with E-state index in [0.29, 0.717) is 11.3 Å². The van der Waals surface area contributed by atoms with Gasteiger partial charge < -0.3 is 9.72 Å². The van der Waals surface area contributed by atoms with Crippen LogP contribution in [0.5, 0.6) is 0 Å². The van der Waals surface area contributed by atoms with Crippen LogP contribution in [0.3, 0.4) is 0 Å². The number of H-pyrrole nitrogens is 1. The van der Waals surface area contributed by atoms with E-state index in [0.717, 1.165) is 41.2 Å². The molecule has 0 radical (unpaired) electrons. The number of aromatic nitrogens is 3. The summed E-state index contributed by atoms with van der Waals surface area (Å²) in [5, 5.41) is 3.71. The van der Waals surface area contributed by atoms with Gasteiger partial charge in [0.05, 0.1) is 29.2 Å². The molecular formula is C24H24N4O2S. The van der Waals surface area contributed by atoms with Gasteiger partial charge in [-0.15, -0.1) is 11.3 Å². The van der Waals surface area contributed by atoms with Crippen LogP contribution in [-0.4, -0.2) is 45.1 Å². The van der Waals surface area contributed by atoms with E-state index in [1.807, 2.05) is 29.6 Å². The number of rotatable bonds is 4. The number of aromatic amines is 1. The Labute approximate surface area is 184 Å². The van der Waals surface area contributed by atoms with Crippen molar-refractivity contribution in [3.8, 4) is 22.0 Å². The molecule has 0 bridgehead atoms. The van der Waals surface area contributed by atoms with Crippen molar-refractivity contribution in [2.75, 3.05) is 13.1 Å². The molecule has 158 valence electrons. The smallest absolute Gasteiger partial charge is 0.257 e. The Balaban J connectivity index is 1.42. The van der Waals surface area contributed by atoms with Crippen LogP contribution in [-0.2, 0) is 11.3 Å². The zero-order valence-electron chi connectivity index (χ0n) is 17.5. The Hall–Kier alpha value is -2.87. The van der Waals surface area contributed by atoms with E-state index in [1.54, 1.807) is 6.20 Å². The van der Waals surface area contributed by atoms with Crippen molar-refractivity contribution in [1.29, 1.82) is 0 Å². The lowest BCUT2D eigenvalue weighted by Crippen LogP contribution is -2.44. The first-order valence-corrected chi connectivity index (χ1v) is 11.3. The van der Waals surface area contributed by atoms with Gasteiger partial charge in [-0.05, 0) is 49.1 Å². The first-order valence-electron chi connectivity index (χ1n) is 10.5. The predicted molar refractivity (Wildman–Crippen MR) is 124 cm³/mol. The second-order valence-corrected chi connectivity index (χ2v) is 9.00. The van der Waals surface area contributed by atoms with Crippen LogP contribution in [0.25, 0.3) is 32.9 Å². The highest BCUT2D eigenvalue weighted by molar-refractivity contribution is 7.13.